The first kappa shape index (κ1) is 13.0. The minimum absolute atomic E-state index is 0.0301. The molecule has 1 aromatic carbocycles. The van der Waals surface area contributed by atoms with Gasteiger partial charge in [0.15, 0.2) is 0 Å². The zero-order chi connectivity index (χ0) is 12.0. The van der Waals surface area contributed by atoms with Crippen molar-refractivity contribution < 1.29 is 4.79 Å². The number of unbranched alkanes of at least 4 members (excludes halogenated alkanes) is 2. The number of rotatable bonds is 5. The number of carbonyl (C=O) groups is 1. The molecule has 0 aromatic heterocycles. The highest BCUT2D eigenvalue weighted by atomic mass is 79.9. The summed E-state index contributed by atoms with van der Waals surface area (Å²) in [6.45, 7) is 2.12. The maximum absolute atomic E-state index is 11.5. The molecular formula is C12H17BrN2O. The number of hydrogen-bond acceptors (Lipinski definition) is 2. The molecular weight excluding hydrogens is 268 g/mol. The Balaban J connectivity index is 2.49. The van der Waals surface area contributed by atoms with Crippen LogP contribution in [0.4, 0.5) is 11.4 Å². The maximum Gasteiger partial charge on any atom is 0.224 e. The summed E-state index contributed by atoms with van der Waals surface area (Å²) in [4.78, 5) is 11.5. The smallest absolute Gasteiger partial charge is 0.224 e. The number of benzene rings is 1. The van der Waals surface area contributed by atoms with E-state index < -0.39 is 0 Å². The lowest BCUT2D eigenvalue weighted by Crippen LogP contribution is -2.12. The Hall–Kier alpha value is -1.03. The van der Waals surface area contributed by atoms with Crippen LogP contribution in [-0.4, -0.2) is 5.91 Å². The number of hydrogen-bond donors (Lipinski definition) is 2. The molecule has 3 N–H and O–H groups in total. The van der Waals surface area contributed by atoms with Crippen LogP contribution in [0.15, 0.2) is 22.7 Å². The van der Waals surface area contributed by atoms with Crippen LogP contribution in [-0.2, 0) is 4.79 Å². The van der Waals surface area contributed by atoms with E-state index in [1.165, 1.54) is 0 Å². The Morgan fingerprint density at radius 3 is 2.81 bits per heavy atom. The fraction of sp³-hybridized carbons (Fsp3) is 0.417. The van der Waals surface area contributed by atoms with Gasteiger partial charge in [-0.1, -0.05) is 35.7 Å². The summed E-state index contributed by atoms with van der Waals surface area (Å²) in [6, 6.07) is 5.44. The average molecular weight is 285 g/mol. The quantitative estimate of drug-likeness (QED) is 0.642. The van der Waals surface area contributed by atoms with Crippen molar-refractivity contribution in [2.75, 3.05) is 11.1 Å². The van der Waals surface area contributed by atoms with Gasteiger partial charge in [-0.05, 0) is 24.6 Å². The van der Waals surface area contributed by atoms with E-state index in [2.05, 4.69) is 28.2 Å². The van der Waals surface area contributed by atoms with Crippen molar-refractivity contribution in [3.8, 4) is 0 Å². The molecule has 0 radical (unpaired) electrons. The maximum atomic E-state index is 11.5. The minimum Gasteiger partial charge on any atom is -0.397 e. The molecule has 0 heterocycles. The van der Waals surface area contributed by atoms with Crippen molar-refractivity contribution in [2.24, 2.45) is 0 Å². The number of carbonyl (C=O) groups excluding carboxylic acids is 1. The summed E-state index contributed by atoms with van der Waals surface area (Å²) in [5, 5.41) is 2.81. The Morgan fingerprint density at radius 2 is 2.19 bits per heavy atom. The second-order valence-electron chi connectivity index (χ2n) is 3.74. The van der Waals surface area contributed by atoms with E-state index in [1.807, 2.05) is 6.07 Å². The van der Waals surface area contributed by atoms with Crippen LogP contribution in [0, 0.1) is 0 Å². The highest BCUT2D eigenvalue weighted by molar-refractivity contribution is 9.10. The molecule has 0 aliphatic rings. The van der Waals surface area contributed by atoms with Gasteiger partial charge in [0.25, 0.3) is 0 Å². The number of nitrogens with two attached hydrogens (primary N) is 1. The zero-order valence-corrected chi connectivity index (χ0v) is 11.0. The average Bonchev–Trinajstić information content (AvgIpc) is 2.23. The van der Waals surface area contributed by atoms with E-state index in [0.29, 0.717) is 17.8 Å². The summed E-state index contributed by atoms with van der Waals surface area (Å²) in [5.74, 6) is 0.0301. The van der Waals surface area contributed by atoms with Crippen LogP contribution in [0.25, 0.3) is 0 Å². The fourth-order valence-electron chi connectivity index (χ4n) is 1.40. The highest BCUT2D eigenvalue weighted by Gasteiger charge is 2.04. The number of nitrogen functional groups attached to an aromatic ring is 1. The lowest BCUT2D eigenvalue weighted by molar-refractivity contribution is -0.116. The number of halogens is 1. The Kier molecular flexibility index (Phi) is 5.32. The first-order valence-corrected chi connectivity index (χ1v) is 6.27. The summed E-state index contributed by atoms with van der Waals surface area (Å²) in [5.41, 5.74) is 7.05. The standard InChI is InChI=1S/C12H17BrN2O/c1-2-3-4-5-12(16)15-11-7-6-9(13)8-10(11)14/h6-8H,2-5,14H2,1H3,(H,15,16). The first-order valence-electron chi connectivity index (χ1n) is 5.48. The van der Waals surface area contributed by atoms with Crippen molar-refractivity contribution in [3.05, 3.63) is 22.7 Å². The lowest BCUT2D eigenvalue weighted by atomic mass is 10.2. The summed E-state index contributed by atoms with van der Waals surface area (Å²) >= 11 is 3.32. The van der Waals surface area contributed by atoms with E-state index in [0.717, 1.165) is 23.7 Å². The van der Waals surface area contributed by atoms with E-state index in [1.54, 1.807) is 12.1 Å². The molecule has 1 rings (SSSR count). The van der Waals surface area contributed by atoms with E-state index in [9.17, 15) is 4.79 Å². The van der Waals surface area contributed by atoms with Crippen molar-refractivity contribution in [2.45, 2.75) is 32.6 Å². The molecule has 1 aromatic rings. The predicted molar refractivity (Wildman–Crippen MR) is 71.3 cm³/mol. The molecule has 4 heteroatoms. The van der Waals surface area contributed by atoms with E-state index in [4.69, 9.17) is 5.73 Å². The van der Waals surface area contributed by atoms with E-state index in [-0.39, 0.29) is 5.91 Å². The molecule has 88 valence electrons. The minimum atomic E-state index is 0.0301. The molecule has 0 atom stereocenters. The van der Waals surface area contributed by atoms with Crippen molar-refractivity contribution in [1.29, 1.82) is 0 Å². The van der Waals surface area contributed by atoms with Crippen LogP contribution in [0.2, 0.25) is 0 Å². The third-order valence-corrected chi connectivity index (χ3v) is 2.79. The van der Waals surface area contributed by atoms with Gasteiger partial charge in [0.05, 0.1) is 11.4 Å². The third kappa shape index (κ3) is 4.23. The third-order valence-electron chi connectivity index (χ3n) is 2.30. The number of amides is 1. The van der Waals surface area contributed by atoms with Crippen molar-refractivity contribution >= 4 is 33.2 Å². The fourth-order valence-corrected chi connectivity index (χ4v) is 1.77. The molecule has 0 saturated carbocycles. The Morgan fingerprint density at radius 1 is 1.44 bits per heavy atom. The SMILES string of the molecule is CCCCCC(=O)Nc1ccc(Br)cc1N. The lowest BCUT2D eigenvalue weighted by Gasteiger charge is -2.08. The monoisotopic (exact) mass is 284 g/mol. The second kappa shape index (κ2) is 6.53. The second-order valence-corrected chi connectivity index (χ2v) is 4.65. The first-order chi connectivity index (χ1) is 7.63. The molecule has 0 spiro atoms. The highest BCUT2D eigenvalue weighted by Crippen LogP contribution is 2.23. The van der Waals surface area contributed by atoms with Gasteiger partial charge in [-0.25, -0.2) is 0 Å². The van der Waals surface area contributed by atoms with Crippen LogP contribution in [0.3, 0.4) is 0 Å². The van der Waals surface area contributed by atoms with Crippen molar-refractivity contribution in [3.63, 3.8) is 0 Å². The number of nitrogens with one attached hydrogen (secondary N) is 1. The Labute approximate surface area is 105 Å². The molecule has 0 saturated heterocycles. The van der Waals surface area contributed by atoms with Gasteiger partial charge in [0.2, 0.25) is 5.91 Å². The van der Waals surface area contributed by atoms with Crippen LogP contribution < -0.4 is 11.1 Å². The molecule has 0 aliphatic carbocycles. The van der Waals surface area contributed by atoms with Gasteiger partial charge in [-0.3, -0.25) is 4.79 Å². The van der Waals surface area contributed by atoms with Crippen LogP contribution in [0.5, 0.6) is 0 Å². The molecule has 0 fully saturated rings. The molecule has 0 unspecified atom stereocenters. The van der Waals surface area contributed by atoms with Gasteiger partial charge in [0, 0.05) is 10.9 Å². The van der Waals surface area contributed by atoms with Crippen molar-refractivity contribution in [1.82, 2.24) is 0 Å². The normalized spacial score (nSPS) is 10.1. The molecule has 0 aliphatic heterocycles. The van der Waals surface area contributed by atoms with Gasteiger partial charge in [0.1, 0.15) is 0 Å². The summed E-state index contributed by atoms with van der Waals surface area (Å²) in [7, 11) is 0. The van der Waals surface area contributed by atoms with E-state index >= 15 is 0 Å². The predicted octanol–water partition coefficient (Wildman–Crippen LogP) is 3.55. The largest absolute Gasteiger partial charge is 0.397 e. The summed E-state index contributed by atoms with van der Waals surface area (Å²) < 4.78 is 0.911. The summed E-state index contributed by atoms with van der Waals surface area (Å²) in [6.07, 6.45) is 3.69. The molecule has 16 heavy (non-hydrogen) atoms. The van der Waals surface area contributed by atoms with Crippen LogP contribution >= 0.6 is 15.9 Å². The van der Waals surface area contributed by atoms with Gasteiger partial charge in [-0.2, -0.15) is 0 Å². The molecule has 1 amide bonds. The zero-order valence-electron chi connectivity index (χ0n) is 9.42. The van der Waals surface area contributed by atoms with Crippen LogP contribution in [0.1, 0.15) is 32.6 Å². The topological polar surface area (TPSA) is 55.1 Å². The van der Waals surface area contributed by atoms with Gasteiger partial charge >= 0.3 is 0 Å². The number of anilines is 2. The Bertz CT molecular complexity index is 366. The van der Waals surface area contributed by atoms with Gasteiger partial charge in [-0.15, -0.1) is 0 Å². The van der Waals surface area contributed by atoms with Gasteiger partial charge < -0.3 is 11.1 Å². The molecule has 0 bridgehead atoms. The molecule has 3 nitrogen and oxygen atoms in total.